The lowest BCUT2D eigenvalue weighted by atomic mass is 10.2. The number of hydrogen-bond acceptors (Lipinski definition) is 5. The number of nitrogens with one attached hydrogen (secondary N) is 1. The Hall–Kier alpha value is -2.41. The molecule has 0 saturated heterocycles. The van der Waals surface area contributed by atoms with Crippen molar-refractivity contribution in [3.63, 3.8) is 0 Å². The number of hydrogen-bond donors (Lipinski definition) is 1. The van der Waals surface area contributed by atoms with Crippen LogP contribution in [0.2, 0.25) is 10.0 Å². The van der Waals surface area contributed by atoms with Gasteiger partial charge in [0.15, 0.2) is 16.6 Å². The third kappa shape index (κ3) is 3.19. The van der Waals surface area contributed by atoms with E-state index in [9.17, 15) is 4.79 Å². The smallest absolute Gasteiger partial charge is 0.258 e. The first kappa shape index (κ1) is 17.0. The highest BCUT2D eigenvalue weighted by atomic mass is 35.5. The molecule has 0 spiro atoms. The lowest BCUT2D eigenvalue weighted by molar-refractivity contribution is 0.102. The topological polar surface area (TPSA) is 68.0 Å². The predicted molar refractivity (Wildman–Crippen MR) is 104 cm³/mol. The molecule has 0 unspecified atom stereocenters. The van der Waals surface area contributed by atoms with Crippen molar-refractivity contribution in [2.45, 2.75) is 6.92 Å². The molecule has 0 aliphatic rings. The van der Waals surface area contributed by atoms with Crippen LogP contribution < -0.4 is 5.32 Å². The number of carbonyl (C=O) groups excluding carboxylic acids is 1. The maximum absolute atomic E-state index is 12.3. The van der Waals surface area contributed by atoms with Gasteiger partial charge in [-0.25, -0.2) is 9.97 Å². The number of nitrogens with zero attached hydrogens (tertiary/aromatic N) is 2. The first-order valence-corrected chi connectivity index (χ1v) is 9.17. The van der Waals surface area contributed by atoms with E-state index in [-0.39, 0.29) is 5.91 Å². The number of benzene rings is 2. The van der Waals surface area contributed by atoms with E-state index in [1.54, 1.807) is 43.5 Å². The van der Waals surface area contributed by atoms with E-state index < -0.39 is 0 Å². The van der Waals surface area contributed by atoms with Crippen LogP contribution in [-0.4, -0.2) is 15.9 Å². The van der Waals surface area contributed by atoms with Crippen molar-refractivity contribution in [2.75, 3.05) is 5.32 Å². The Balaban J connectivity index is 1.63. The third-order valence-electron chi connectivity index (χ3n) is 3.69. The van der Waals surface area contributed by atoms with Crippen molar-refractivity contribution in [3.8, 4) is 10.4 Å². The van der Waals surface area contributed by atoms with Crippen LogP contribution in [-0.2, 0) is 0 Å². The number of aryl methyl sites for hydroxylation is 1. The van der Waals surface area contributed by atoms with Crippen LogP contribution in [0.3, 0.4) is 0 Å². The van der Waals surface area contributed by atoms with E-state index in [0.29, 0.717) is 37.7 Å². The first-order chi connectivity index (χ1) is 12.5. The molecular formula is C18H11Cl2N3O2S. The fourth-order valence-corrected chi connectivity index (χ4v) is 3.90. The maximum atomic E-state index is 12.3. The molecular weight excluding hydrogens is 393 g/mol. The van der Waals surface area contributed by atoms with E-state index in [0.717, 1.165) is 10.4 Å². The zero-order valence-electron chi connectivity index (χ0n) is 13.4. The molecule has 0 radical (unpaired) electrons. The molecule has 1 amide bonds. The van der Waals surface area contributed by atoms with E-state index in [1.165, 1.54) is 11.3 Å². The van der Waals surface area contributed by atoms with Gasteiger partial charge in [-0.2, -0.15) is 0 Å². The number of carbonyl (C=O) groups is 1. The van der Waals surface area contributed by atoms with Crippen LogP contribution in [0.25, 0.3) is 21.5 Å². The lowest BCUT2D eigenvalue weighted by Gasteiger charge is -2.03. The SMILES string of the molecule is Cc1nc2cc(Cl)c(-c3cnc(NC(=O)c4ccccc4Cl)s3)cc2o1. The van der Waals surface area contributed by atoms with Gasteiger partial charge >= 0.3 is 0 Å². The number of fused-ring (bicyclic) bond motifs is 1. The monoisotopic (exact) mass is 403 g/mol. The average molecular weight is 404 g/mol. The van der Waals surface area contributed by atoms with E-state index in [1.807, 2.05) is 6.07 Å². The zero-order chi connectivity index (χ0) is 18.3. The molecule has 26 heavy (non-hydrogen) atoms. The van der Waals surface area contributed by atoms with Crippen molar-refractivity contribution < 1.29 is 9.21 Å². The van der Waals surface area contributed by atoms with Gasteiger partial charge in [0.1, 0.15) is 5.52 Å². The van der Waals surface area contributed by atoms with Gasteiger partial charge in [-0.05, 0) is 24.3 Å². The third-order valence-corrected chi connectivity index (χ3v) is 5.28. The van der Waals surface area contributed by atoms with Crippen molar-refractivity contribution in [2.24, 2.45) is 0 Å². The molecule has 0 saturated carbocycles. The van der Waals surface area contributed by atoms with E-state index in [2.05, 4.69) is 15.3 Å². The van der Waals surface area contributed by atoms with Gasteiger partial charge in [0, 0.05) is 18.7 Å². The first-order valence-electron chi connectivity index (χ1n) is 7.60. The number of amides is 1. The summed E-state index contributed by atoms with van der Waals surface area (Å²) in [4.78, 5) is 21.7. The van der Waals surface area contributed by atoms with Crippen LogP contribution in [0.15, 0.2) is 47.0 Å². The molecule has 5 nitrogen and oxygen atoms in total. The minimum Gasteiger partial charge on any atom is -0.441 e. The lowest BCUT2D eigenvalue weighted by Crippen LogP contribution is -2.11. The van der Waals surface area contributed by atoms with Crippen molar-refractivity contribution >= 4 is 56.7 Å². The maximum Gasteiger partial charge on any atom is 0.258 e. The second kappa shape index (κ2) is 6.72. The Morgan fingerprint density at radius 2 is 2.00 bits per heavy atom. The van der Waals surface area contributed by atoms with Crippen molar-refractivity contribution in [1.29, 1.82) is 0 Å². The number of anilines is 1. The Kier molecular flexibility index (Phi) is 4.40. The summed E-state index contributed by atoms with van der Waals surface area (Å²) in [6, 6.07) is 10.4. The zero-order valence-corrected chi connectivity index (χ0v) is 15.7. The molecule has 4 rings (SSSR count). The summed E-state index contributed by atoms with van der Waals surface area (Å²) in [5, 5.41) is 4.13. The van der Waals surface area contributed by atoms with Gasteiger partial charge in [-0.15, -0.1) is 0 Å². The molecule has 130 valence electrons. The number of thiazole rings is 1. The molecule has 2 aromatic carbocycles. The van der Waals surface area contributed by atoms with Crippen LogP contribution in [0.4, 0.5) is 5.13 Å². The largest absolute Gasteiger partial charge is 0.441 e. The molecule has 2 heterocycles. The van der Waals surface area contributed by atoms with Gasteiger partial charge in [-0.3, -0.25) is 10.1 Å². The fraction of sp³-hybridized carbons (Fsp3) is 0.0556. The van der Waals surface area contributed by atoms with Crippen molar-refractivity contribution in [1.82, 2.24) is 9.97 Å². The number of rotatable bonds is 3. The summed E-state index contributed by atoms with van der Waals surface area (Å²) in [7, 11) is 0. The number of oxazole rings is 1. The highest BCUT2D eigenvalue weighted by Crippen LogP contribution is 2.37. The molecule has 0 fully saturated rings. The average Bonchev–Trinajstić information content (AvgIpc) is 3.19. The molecule has 0 bridgehead atoms. The second-order valence-electron chi connectivity index (χ2n) is 5.50. The van der Waals surface area contributed by atoms with Crippen molar-refractivity contribution in [3.05, 3.63) is 64.1 Å². The number of halogens is 2. The number of aromatic nitrogens is 2. The summed E-state index contributed by atoms with van der Waals surface area (Å²) in [6.07, 6.45) is 1.66. The van der Waals surface area contributed by atoms with E-state index >= 15 is 0 Å². The summed E-state index contributed by atoms with van der Waals surface area (Å²) >= 11 is 13.7. The Bertz CT molecular complexity index is 1140. The normalized spacial score (nSPS) is 11.0. The van der Waals surface area contributed by atoms with Gasteiger partial charge in [-0.1, -0.05) is 46.7 Å². The molecule has 0 atom stereocenters. The van der Waals surface area contributed by atoms with Crippen LogP contribution in [0.1, 0.15) is 16.2 Å². The molecule has 1 N–H and O–H groups in total. The predicted octanol–water partition coefficient (Wildman–Crippen LogP) is 5.82. The Morgan fingerprint density at radius 1 is 1.19 bits per heavy atom. The minimum absolute atomic E-state index is 0.316. The second-order valence-corrected chi connectivity index (χ2v) is 7.34. The Morgan fingerprint density at radius 3 is 2.81 bits per heavy atom. The molecule has 0 aliphatic heterocycles. The molecule has 2 aromatic heterocycles. The van der Waals surface area contributed by atoms with Gasteiger partial charge in [0.05, 0.1) is 20.5 Å². The summed E-state index contributed by atoms with van der Waals surface area (Å²) in [6.45, 7) is 1.78. The van der Waals surface area contributed by atoms with E-state index in [4.69, 9.17) is 27.6 Å². The Labute approximate surface area is 162 Å². The summed E-state index contributed by atoms with van der Waals surface area (Å²) in [5.74, 6) is 0.258. The van der Waals surface area contributed by atoms with Gasteiger partial charge in [0.2, 0.25) is 0 Å². The molecule has 4 aromatic rings. The van der Waals surface area contributed by atoms with Crippen LogP contribution >= 0.6 is 34.5 Å². The highest BCUT2D eigenvalue weighted by Gasteiger charge is 2.15. The van der Waals surface area contributed by atoms with Crippen LogP contribution in [0.5, 0.6) is 0 Å². The summed E-state index contributed by atoms with van der Waals surface area (Å²) < 4.78 is 5.56. The highest BCUT2D eigenvalue weighted by molar-refractivity contribution is 7.19. The van der Waals surface area contributed by atoms with Gasteiger partial charge < -0.3 is 4.42 Å². The van der Waals surface area contributed by atoms with Gasteiger partial charge in [0.25, 0.3) is 5.91 Å². The van der Waals surface area contributed by atoms with Crippen LogP contribution in [0, 0.1) is 6.92 Å². The minimum atomic E-state index is -0.316. The molecule has 8 heteroatoms. The fourth-order valence-electron chi connectivity index (χ4n) is 2.52. The molecule has 0 aliphatic carbocycles. The summed E-state index contributed by atoms with van der Waals surface area (Å²) in [5.41, 5.74) is 2.51. The standard InChI is InChI=1S/C18H11Cl2N3O2S/c1-9-22-14-7-13(20)11(6-15(14)25-9)16-8-21-18(26-16)23-17(24)10-4-2-3-5-12(10)19/h2-8H,1H3,(H,21,23,24). The quantitative estimate of drug-likeness (QED) is 0.467.